The van der Waals surface area contributed by atoms with E-state index < -0.39 is 48.1 Å². The average Bonchev–Trinajstić information content (AvgIpc) is 2.51. The van der Waals surface area contributed by atoms with Gasteiger partial charge in [-0.25, -0.2) is 0 Å². The van der Waals surface area contributed by atoms with Gasteiger partial charge in [-0.3, -0.25) is 0 Å². The summed E-state index contributed by atoms with van der Waals surface area (Å²) in [6, 6.07) is 0. The largest absolute Gasteiger partial charge is 0.492 e. The zero-order valence-corrected chi connectivity index (χ0v) is 13.0. The van der Waals surface area contributed by atoms with Crippen LogP contribution in [0.5, 0.6) is 0 Å². The molecular formula is C12H12F12O2. The highest BCUT2D eigenvalue weighted by molar-refractivity contribution is 5.10. The number of hydrogen-bond acceptors (Lipinski definition) is 2. The number of halogens is 12. The topological polar surface area (TPSA) is 18.5 Å². The number of ether oxygens (including phenoxy) is 2. The lowest BCUT2D eigenvalue weighted by molar-refractivity contribution is -0.455. The van der Waals surface area contributed by atoms with Crippen molar-refractivity contribution in [3.05, 3.63) is 12.3 Å². The fourth-order valence-corrected chi connectivity index (χ4v) is 1.32. The molecule has 0 aliphatic heterocycles. The molecule has 14 heteroatoms. The molecule has 0 fully saturated rings. The second-order valence-electron chi connectivity index (χ2n) is 4.90. The second-order valence-corrected chi connectivity index (χ2v) is 4.90. The third-order valence-corrected chi connectivity index (χ3v) is 3.12. The zero-order valence-electron chi connectivity index (χ0n) is 13.0. The Labute approximate surface area is 138 Å². The van der Waals surface area contributed by atoms with Gasteiger partial charge in [0.15, 0.2) is 6.61 Å². The summed E-state index contributed by atoms with van der Waals surface area (Å²) in [4.78, 5) is 0. The molecule has 156 valence electrons. The molecule has 0 bridgehead atoms. The lowest BCUT2D eigenvalue weighted by Gasteiger charge is -2.40. The van der Waals surface area contributed by atoms with Crippen molar-refractivity contribution in [3.8, 4) is 0 Å². The molecule has 2 nitrogen and oxygen atoms in total. The van der Waals surface area contributed by atoms with Gasteiger partial charge in [0.1, 0.15) is 0 Å². The molecule has 0 aromatic rings. The molecule has 0 saturated heterocycles. The molecule has 0 aliphatic rings. The molecule has 0 aromatic carbocycles. The second kappa shape index (κ2) is 7.00. The highest BCUT2D eigenvalue weighted by Crippen LogP contribution is 2.60. The van der Waals surface area contributed by atoms with E-state index in [9.17, 15) is 52.7 Å². The van der Waals surface area contributed by atoms with E-state index in [0.29, 0.717) is 0 Å². The fraction of sp³-hybridized carbons (Fsp3) is 0.833. The van der Waals surface area contributed by atoms with Gasteiger partial charge in [0.25, 0.3) is 0 Å². The molecule has 0 atom stereocenters. The van der Waals surface area contributed by atoms with Gasteiger partial charge in [-0.15, -0.1) is 0 Å². The summed E-state index contributed by atoms with van der Waals surface area (Å²) < 4.78 is 164. The minimum atomic E-state index is -7.64. The first-order valence-electron chi connectivity index (χ1n) is 6.39. The smallest absolute Gasteiger partial charge is 0.425 e. The van der Waals surface area contributed by atoms with Crippen LogP contribution < -0.4 is 0 Å². The quantitative estimate of drug-likeness (QED) is 0.354. The maximum absolute atomic E-state index is 13.3. The van der Waals surface area contributed by atoms with Crippen LogP contribution >= 0.6 is 0 Å². The highest BCUT2D eigenvalue weighted by atomic mass is 19.4. The Morgan fingerprint density at radius 1 is 0.731 bits per heavy atom. The van der Waals surface area contributed by atoms with Crippen molar-refractivity contribution in [2.24, 2.45) is 0 Å². The van der Waals surface area contributed by atoms with Crippen LogP contribution in [0.4, 0.5) is 52.7 Å². The molecule has 0 spiro atoms. The van der Waals surface area contributed by atoms with Crippen molar-refractivity contribution < 1.29 is 62.2 Å². The minimum absolute atomic E-state index is 0.271. The summed E-state index contributed by atoms with van der Waals surface area (Å²) in [5, 5.41) is 0. The SMILES string of the molecule is C=C(CC)OCC(F)(F)C(F)(F)C(F)(F)C(F)(F)C(F)(F)C(F)(F)OC. The summed E-state index contributed by atoms with van der Waals surface area (Å²) in [7, 11) is -0.320. The van der Waals surface area contributed by atoms with E-state index >= 15 is 0 Å². The van der Waals surface area contributed by atoms with Crippen molar-refractivity contribution in [2.45, 2.75) is 49.1 Å². The lowest BCUT2D eigenvalue weighted by atomic mass is 9.94. The first-order chi connectivity index (χ1) is 11.3. The van der Waals surface area contributed by atoms with Crippen molar-refractivity contribution >= 4 is 0 Å². The number of alkyl halides is 12. The van der Waals surface area contributed by atoms with Crippen LogP contribution in [0.15, 0.2) is 12.3 Å². The Kier molecular flexibility index (Phi) is 6.64. The van der Waals surface area contributed by atoms with Crippen LogP contribution in [0.3, 0.4) is 0 Å². The van der Waals surface area contributed by atoms with Gasteiger partial charge in [-0.05, 0) is 0 Å². The van der Waals surface area contributed by atoms with Gasteiger partial charge in [0.2, 0.25) is 0 Å². The maximum Gasteiger partial charge on any atom is 0.425 e. The lowest BCUT2D eigenvalue weighted by Crippen LogP contribution is -2.71. The zero-order chi connectivity index (χ0) is 21.4. The summed E-state index contributed by atoms with van der Waals surface area (Å²) in [5.74, 6) is -36.6. The Hall–Kier alpha value is -1.34. The van der Waals surface area contributed by atoms with E-state index in [4.69, 9.17) is 0 Å². The number of allylic oxidation sites excluding steroid dienone is 1. The molecule has 0 amide bonds. The molecule has 0 saturated carbocycles. The molecule has 0 rings (SSSR count). The Morgan fingerprint density at radius 3 is 1.46 bits per heavy atom. The van der Waals surface area contributed by atoms with Crippen LogP contribution in [0.1, 0.15) is 13.3 Å². The molecule has 26 heavy (non-hydrogen) atoms. The molecule has 0 aromatic heterocycles. The highest BCUT2D eigenvalue weighted by Gasteiger charge is 2.90. The molecule has 0 N–H and O–H groups in total. The summed E-state index contributed by atoms with van der Waals surface area (Å²) >= 11 is 0. The third kappa shape index (κ3) is 3.56. The van der Waals surface area contributed by atoms with Crippen molar-refractivity contribution in [1.29, 1.82) is 0 Å². The maximum atomic E-state index is 13.3. The van der Waals surface area contributed by atoms with E-state index in [1.165, 1.54) is 6.92 Å². The first kappa shape index (κ1) is 24.7. The van der Waals surface area contributed by atoms with Gasteiger partial charge in [-0.2, -0.15) is 52.7 Å². The van der Waals surface area contributed by atoms with Crippen LogP contribution in [0.25, 0.3) is 0 Å². The number of hydrogen-bond donors (Lipinski definition) is 0. The Balaban J connectivity index is 6.06. The molecule has 0 unspecified atom stereocenters. The van der Waals surface area contributed by atoms with Crippen molar-refractivity contribution in [2.75, 3.05) is 13.7 Å². The molecule has 0 heterocycles. The van der Waals surface area contributed by atoms with E-state index in [-0.39, 0.29) is 13.5 Å². The predicted octanol–water partition coefficient (Wildman–Crippen LogP) is 5.34. The van der Waals surface area contributed by atoms with E-state index in [2.05, 4.69) is 16.1 Å². The first-order valence-corrected chi connectivity index (χ1v) is 6.39. The number of rotatable bonds is 10. The molecule has 0 radical (unpaired) electrons. The normalized spacial score (nSPS) is 15.2. The minimum Gasteiger partial charge on any atom is -0.492 e. The van der Waals surface area contributed by atoms with Gasteiger partial charge in [0, 0.05) is 13.5 Å². The van der Waals surface area contributed by atoms with Crippen LogP contribution in [-0.4, -0.2) is 49.4 Å². The monoisotopic (exact) mass is 416 g/mol. The summed E-state index contributed by atoms with van der Waals surface area (Å²) in [6.07, 6.45) is -6.65. The van der Waals surface area contributed by atoms with E-state index in [1.54, 1.807) is 0 Å². The van der Waals surface area contributed by atoms with Gasteiger partial charge >= 0.3 is 35.7 Å². The van der Waals surface area contributed by atoms with Crippen molar-refractivity contribution in [1.82, 2.24) is 0 Å². The Morgan fingerprint density at radius 2 is 1.12 bits per heavy atom. The molecule has 0 aliphatic carbocycles. The van der Waals surface area contributed by atoms with E-state index in [0.717, 1.165) is 0 Å². The van der Waals surface area contributed by atoms with Gasteiger partial charge in [-0.1, -0.05) is 13.5 Å². The van der Waals surface area contributed by atoms with Gasteiger partial charge in [0.05, 0.1) is 5.76 Å². The van der Waals surface area contributed by atoms with E-state index in [1.807, 2.05) is 0 Å². The standard InChI is InChI=1S/C12H12F12O2/c1-4-6(2)26-5-7(13,14)8(15,16)9(17,18)10(19,20)11(21,22)12(23,24)25-3/h2,4-5H2,1,3H3. The van der Waals surface area contributed by atoms with Crippen LogP contribution in [-0.2, 0) is 9.47 Å². The summed E-state index contributed by atoms with van der Waals surface area (Å²) in [6.45, 7) is 1.43. The summed E-state index contributed by atoms with van der Waals surface area (Å²) in [5.41, 5.74) is 0. The Bertz CT molecular complexity index is 514. The number of methoxy groups -OCH3 is 1. The average molecular weight is 416 g/mol. The van der Waals surface area contributed by atoms with Gasteiger partial charge < -0.3 is 9.47 Å². The predicted molar refractivity (Wildman–Crippen MR) is 62.1 cm³/mol. The van der Waals surface area contributed by atoms with Crippen LogP contribution in [0, 0.1) is 0 Å². The third-order valence-electron chi connectivity index (χ3n) is 3.12. The van der Waals surface area contributed by atoms with Crippen LogP contribution in [0.2, 0.25) is 0 Å². The fourth-order valence-electron chi connectivity index (χ4n) is 1.32. The van der Waals surface area contributed by atoms with Crippen molar-refractivity contribution in [3.63, 3.8) is 0 Å². The molecular weight excluding hydrogens is 404 g/mol.